The Morgan fingerprint density at radius 2 is 0.958 bits per heavy atom. The number of nitrogens with zero attached hydrogens (tertiary/aromatic N) is 1. The zero-order valence-corrected chi connectivity index (χ0v) is 27.1. The highest BCUT2D eigenvalue weighted by Gasteiger charge is 2.19. The van der Waals surface area contributed by atoms with Crippen LogP contribution in [-0.4, -0.2) is 0 Å². The number of hydrogen-bond donors (Lipinski definition) is 0. The summed E-state index contributed by atoms with van der Waals surface area (Å²) in [4.78, 5) is 2.40. The van der Waals surface area contributed by atoms with Gasteiger partial charge in [-0.25, -0.2) is 0 Å². The van der Waals surface area contributed by atoms with Crippen molar-refractivity contribution < 1.29 is 0 Å². The summed E-state index contributed by atoms with van der Waals surface area (Å²) < 4.78 is 2.65. The predicted octanol–water partition coefficient (Wildman–Crippen LogP) is 13.7. The van der Waals surface area contributed by atoms with Crippen molar-refractivity contribution >= 4 is 59.3 Å². The zero-order valence-electron chi connectivity index (χ0n) is 26.3. The molecule has 0 atom stereocenters. The molecule has 0 aliphatic carbocycles. The van der Waals surface area contributed by atoms with Crippen molar-refractivity contribution in [1.82, 2.24) is 0 Å². The van der Waals surface area contributed by atoms with E-state index < -0.39 is 0 Å². The average molecular weight is 630 g/mol. The van der Waals surface area contributed by atoms with Crippen LogP contribution in [0.5, 0.6) is 0 Å². The number of para-hydroxylation sites is 1. The molecule has 2 heteroatoms. The summed E-state index contributed by atoms with van der Waals surface area (Å²) in [6.45, 7) is 0. The number of benzene rings is 8. The molecule has 0 fully saturated rings. The van der Waals surface area contributed by atoms with Crippen LogP contribution in [0.15, 0.2) is 188 Å². The van der Waals surface area contributed by atoms with Gasteiger partial charge in [0.15, 0.2) is 0 Å². The third-order valence-electron chi connectivity index (χ3n) is 9.27. The molecule has 9 aromatic rings. The van der Waals surface area contributed by atoms with Crippen molar-refractivity contribution in [1.29, 1.82) is 0 Å². The summed E-state index contributed by atoms with van der Waals surface area (Å²) in [6.07, 6.45) is 0. The molecule has 0 amide bonds. The van der Waals surface area contributed by atoms with Crippen LogP contribution < -0.4 is 4.90 Å². The maximum absolute atomic E-state index is 2.40. The normalized spacial score (nSPS) is 11.3. The maximum atomic E-state index is 2.40. The molecule has 8 aromatic carbocycles. The van der Waals surface area contributed by atoms with E-state index in [4.69, 9.17) is 0 Å². The lowest BCUT2D eigenvalue weighted by molar-refractivity contribution is 1.28. The average Bonchev–Trinajstić information content (AvgIpc) is 3.55. The predicted molar refractivity (Wildman–Crippen MR) is 208 cm³/mol. The Morgan fingerprint density at radius 3 is 1.85 bits per heavy atom. The van der Waals surface area contributed by atoms with Gasteiger partial charge in [0.25, 0.3) is 0 Å². The second-order valence-corrected chi connectivity index (χ2v) is 13.2. The summed E-state index contributed by atoms with van der Waals surface area (Å²) in [7, 11) is 0. The molecule has 0 unspecified atom stereocenters. The third kappa shape index (κ3) is 4.95. The van der Waals surface area contributed by atoms with Gasteiger partial charge < -0.3 is 4.90 Å². The van der Waals surface area contributed by atoms with Crippen LogP contribution in [0.1, 0.15) is 0 Å². The van der Waals surface area contributed by atoms with E-state index in [1.807, 2.05) is 11.3 Å². The zero-order chi connectivity index (χ0) is 31.9. The van der Waals surface area contributed by atoms with Crippen LogP contribution in [0.3, 0.4) is 0 Å². The Labute approximate surface area is 284 Å². The van der Waals surface area contributed by atoms with Gasteiger partial charge in [0, 0.05) is 37.1 Å². The fourth-order valence-corrected chi connectivity index (χ4v) is 8.18. The summed E-state index contributed by atoms with van der Waals surface area (Å²) in [6, 6.07) is 68.1. The Kier molecular flexibility index (Phi) is 7.07. The molecule has 0 N–H and O–H groups in total. The van der Waals surface area contributed by atoms with Gasteiger partial charge in [-0.2, -0.15) is 0 Å². The van der Waals surface area contributed by atoms with E-state index in [1.165, 1.54) is 64.3 Å². The van der Waals surface area contributed by atoms with E-state index in [0.717, 1.165) is 17.1 Å². The van der Waals surface area contributed by atoms with Crippen LogP contribution in [0.4, 0.5) is 17.1 Å². The Bertz CT molecular complexity index is 2560. The number of hydrogen-bond acceptors (Lipinski definition) is 2. The number of rotatable bonds is 6. The quantitative estimate of drug-likeness (QED) is 0.177. The van der Waals surface area contributed by atoms with Gasteiger partial charge >= 0.3 is 0 Å². The van der Waals surface area contributed by atoms with Gasteiger partial charge in [-0.05, 0) is 81.1 Å². The first kappa shape index (κ1) is 28.3. The highest BCUT2D eigenvalue weighted by molar-refractivity contribution is 7.25. The SMILES string of the molecule is c1ccc(-c2ccccc2N(c2ccc(-c3cccc4sc5ccccc5c34)cc2)c2cccc(-c3cccc4ccccc34)c2)cc1. The van der Waals surface area contributed by atoms with Gasteiger partial charge in [0.2, 0.25) is 0 Å². The second kappa shape index (κ2) is 12.0. The lowest BCUT2D eigenvalue weighted by Gasteiger charge is -2.28. The minimum Gasteiger partial charge on any atom is -0.310 e. The molecular formula is C46H31NS. The van der Waals surface area contributed by atoms with Gasteiger partial charge in [0.05, 0.1) is 5.69 Å². The molecule has 0 saturated heterocycles. The van der Waals surface area contributed by atoms with Crippen molar-refractivity contribution in [2.45, 2.75) is 0 Å². The van der Waals surface area contributed by atoms with Gasteiger partial charge in [-0.1, -0.05) is 146 Å². The molecule has 1 nitrogen and oxygen atoms in total. The van der Waals surface area contributed by atoms with Crippen molar-refractivity contribution in [3.05, 3.63) is 188 Å². The number of fused-ring (bicyclic) bond motifs is 4. The summed E-state index contributed by atoms with van der Waals surface area (Å²) in [5.74, 6) is 0. The van der Waals surface area contributed by atoms with E-state index in [9.17, 15) is 0 Å². The Hall–Kier alpha value is -5.96. The van der Waals surface area contributed by atoms with Crippen molar-refractivity contribution in [3.8, 4) is 33.4 Å². The van der Waals surface area contributed by atoms with Gasteiger partial charge in [0.1, 0.15) is 0 Å². The molecule has 0 aliphatic heterocycles. The molecule has 1 heterocycles. The highest BCUT2D eigenvalue weighted by atomic mass is 32.1. The molecule has 0 spiro atoms. The standard InChI is InChI=1S/C46H31NS/c1-2-13-33(14-3-1)40-20-6-8-24-43(40)47(37-18-10-17-35(31-37)39-22-11-16-32-15-4-5-19-38(32)39)36-29-27-34(28-30-36)41-23-12-26-45-46(41)42-21-7-9-25-44(42)48-45/h1-31H. The minimum atomic E-state index is 1.11. The van der Waals surface area contributed by atoms with Crippen molar-refractivity contribution in [3.63, 3.8) is 0 Å². The molecule has 0 bridgehead atoms. The van der Waals surface area contributed by atoms with Crippen LogP contribution in [0.25, 0.3) is 64.3 Å². The lowest BCUT2D eigenvalue weighted by Crippen LogP contribution is -2.11. The van der Waals surface area contributed by atoms with Gasteiger partial charge in [-0.3, -0.25) is 0 Å². The van der Waals surface area contributed by atoms with E-state index in [2.05, 4.69) is 193 Å². The minimum absolute atomic E-state index is 1.11. The summed E-state index contributed by atoms with van der Waals surface area (Å²) in [5.41, 5.74) is 10.7. The smallest absolute Gasteiger partial charge is 0.0540 e. The highest BCUT2D eigenvalue weighted by Crippen LogP contribution is 2.44. The first-order valence-electron chi connectivity index (χ1n) is 16.4. The topological polar surface area (TPSA) is 3.24 Å². The Morgan fingerprint density at radius 1 is 0.354 bits per heavy atom. The molecular weight excluding hydrogens is 599 g/mol. The van der Waals surface area contributed by atoms with E-state index >= 15 is 0 Å². The number of anilines is 3. The van der Waals surface area contributed by atoms with E-state index in [-0.39, 0.29) is 0 Å². The fourth-order valence-electron chi connectivity index (χ4n) is 7.05. The Balaban J connectivity index is 1.21. The lowest BCUT2D eigenvalue weighted by atomic mass is 9.97. The fraction of sp³-hybridized carbons (Fsp3) is 0. The van der Waals surface area contributed by atoms with Crippen LogP contribution in [0.2, 0.25) is 0 Å². The second-order valence-electron chi connectivity index (χ2n) is 12.1. The first-order valence-corrected chi connectivity index (χ1v) is 17.2. The summed E-state index contributed by atoms with van der Waals surface area (Å²) >= 11 is 1.86. The molecule has 226 valence electrons. The van der Waals surface area contributed by atoms with E-state index in [1.54, 1.807) is 0 Å². The van der Waals surface area contributed by atoms with Crippen LogP contribution in [0, 0.1) is 0 Å². The van der Waals surface area contributed by atoms with Crippen LogP contribution >= 0.6 is 11.3 Å². The summed E-state index contributed by atoms with van der Waals surface area (Å²) in [5, 5.41) is 5.16. The first-order chi connectivity index (χ1) is 23.8. The van der Waals surface area contributed by atoms with Crippen LogP contribution in [-0.2, 0) is 0 Å². The largest absolute Gasteiger partial charge is 0.310 e. The van der Waals surface area contributed by atoms with Crippen molar-refractivity contribution in [2.75, 3.05) is 4.90 Å². The number of thiophene rings is 1. The molecule has 1 aromatic heterocycles. The third-order valence-corrected chi connectivity index (χ3v) is 10.4. The molecule has 0 radical (unpaired) electrons. The monoisotopic (exact) mass is 629 g/mol. The molecule has 0 aliphatic rings. The van der Waals surface area contributed by atoms with E-state index in [0.29, 0.717) is 0 Å². The maximum Gasteiger partial charge on any atom is 0.0540 e. The molecule has 0 saturated carbocycles. The molecule has 9 rings (SSSR count). The van der Waals surface area contributed by atoms with Gasteiger partial charge in [-0.15, -0.1) is 11.3 Å². The van der Waals surface area contributed by atoms with Crippen molar-refractivity contribution in [2.24, 2.45) is 0 Å². The molecule has 48 heavy (non-hydrogen) atoms.